The molecule has 0 spiro atoms. The van der Waals surface area contributed by atoms with E-state index >= 15 is 0 Å². The number of alkyl halides is 3. The van der Waals surface area contributed by atoms with Crippen LogP contribution in [0.15, 0.2) is 66.0 Å². The van der Waals surface area contributed by atoms with Crippen LogP contribution in [-0.4, -0.2) is 65.2 Å². The smallest absolute Gasteiger partial charge is 0.416 e. The fourth-order valence-corrected chi connectivity index (χ4v) is 5.20. The van der Waals surface area contributed by atoms with Gasteiger partial charge in [-0.3, -0.25) is 14.8 Å². The van der Waals surface area contributed by atoms with Crippen molar-refractivity contribution in [2.45, 2.75) is 18.3 Å². The molecule has 3 aromatic carbocycles. The number of carbonyl (C=O) groups excluding carboxylic acids is 2. The van der Waals surface area contributed by atoms with Crippen LogP contribution < -0.4 is 14.2 Å². The Morgan fingerprint density at radius 2 is 1.70 bits per heavy atom. The number of aromatic nitrogens is 4. The molecule has 0 atom stereocenters. The van der Waals surface area contributed by atoms with Crippen LogP contribution in [0.3, 0.4) is 0 Å². The molecule has 0 saturated carbocycles. The first-order chi connectivity index (χ1) is 25.4. The van der Waals surface area contributed by atoms with Crippen molar-refractivity contribution >= 4 is 50.6 Å². The van der Waals surface area contributed by atoms with E-state index in [1.807, 2.05) is 0 Å². The number of nitrogens with zero attached hydrogens (tertiary/aromatic N) is 5. The maximum atomic E-state index is 13.7. The summed E-state index contributed by atoms with van der Waals surface area (Å²) >= 11 is 5.81. The predicted octanol–water partition coefficient (Wildman–Crippen LogP) is 6.13. The summed E-state index contributed by atoms with van der Waals surface area (Å²) in [5, 5.41) is 13.4. The van der Waals surface area contributed by atoms with Gasteiger partial charge in [-0.2, -0.15) is 31.1 Å². The van der Waals surface area contributed by atoms with Crippen molar-refractivity contribution in [3.63, 3.8) is 0 Å². The molecule has 0 fully saturated rings. The number of nitro benzene ring substituents is 1. The minimum absolute atomic E-state index is 0.0493. The number of anilines is 1. The summed E-state index contributed by atoms with van der Waals surface area (Å²) in [6, 6.07) is 7.93. The second kappa shape index (κ2) is 16.6. The molecule has 0 bridgehead atoms. The van der Waals surface area contributed by atoms with Gasteiger partial charge in [0.1, 0.15) is 34.4 Å². The van der Waals surface area contributed by atoms with Crippen molar-refractivity contribution < 1.29 is 68.2 Å². The molecule has 1 N–H and O–H groups in total. The second-order valence-electron chi connectivity index (χ2n) is 9.99. The Hall–Kier alpha value is -6.23. The van der Waals surface area contributed by atoms with Gasteiger partial charge in [0.25, 0.3) is 20.9 Å². The molecule has 5 rings (SSSR count). The normalized spacial score (nSPS) is 11.3. The average molecular weight is 807 g/mol. The van der Waals surface area contributed by atoms with E-state index in [1.54, 1.807) is 4.72 Å². The molecule has 0 radical (unpaired) electrons. The number of esters is 2. The first kappa shape index (κ1) is 40.5. The van der Waals surface area contributed by atoms with Gasteiger partial charge in [-0.25, -0.2) is 27.7 Å². The van der Waals surface area contributed by atoms with Crippen molar-refractivity contribution in [1.29, 1.82) is 0 Å². The van der Waals surface area contributed by atoms with Crippen molar-refractivity contribution in [2.75, 3.05) is 25.0 Å². The molecule has 16 nitrogen and oxygen atoms in total. The molecular weight excluding hydrogens is 786 g/mol. The minimum Gasteiger partial charge on any atom is -0.467 e. The monoisotopic (exact) mass is 806 g/mol. The number of para-hydroxylation sites is 1. The van der Waals surface area contributed by atoms with Crippen LogP contribution in [-0.2, 0) is 30.5 Å². The summed E-state index contributed by atoms with van der Waals surface area (Å²) in [5.41, 5.74) is -3.54. The van der Waals surface area contributed by atoms with Crippen molar-refractivity contribution in [2.24, 2.45) is 0 Å². The summed E-state index contributed by atoms with van der Waals surface area (Å²) < 4.78 is 125. The van der Waals surface area contributed by atoms with Crippen molar-refractivity contribution in [3.8, 4) is 17.5 Å². The average Bonchev–Trinajstić information content (AvgIpc) is 3.58. The molecule has 286 valence electrons. The number of nitro groups is 1. The largest absolute Gasteiger partial charge is 0.467 e. The molecule has 0 unspecified atom stereocenters. The van der Waals surface area contributed by atoms with E-state index in [0.717, 1.165) is 54.7 Å². The first-order valence-electron chi connectivity index (χ1n) is 14.4. The highest BCUT2D eigenvalue weighted by Crippen LogP contribution is 2.37. The van der Waals surface area contributed by atoms with Gasteiger partial charge in [0.05, 0.1) is 35.4 Å². The third-order valence-electron chi connectivity index (χ3n) is 6.39. The number of ether oxygens (including phenoxy) is 4. The number of rotatable bonds is 11. The van der Waals surface area contributed by atoms with Gasteiger partial charge < -0.3 is 18.9 Å². The van der Waals surface area contributed by atoms with Gasteiger partial charge in [-0.15, -0.1) is 5.10 Å². The van der Waals surface area contributed by atoms with Gasteiger partial charge >= 0.3 is 24.1 Å². The number of hydrogen-bond donors (Lipinski definition) is 1. The third kappa shape index (κ3) is 9.60. The van der Waals surface area contributed by atoms with Crippen LogP contribution in [0.2, 0.25) is 5.02 Å². The predicted molar refractivity (Wildman–Crippen MR) is 171 cm³/mol. The van der Waals surface area contributed by atoms with Gasteiger partial charge in [-0.05, 0) is 43.3 Å². The Morgan fingerprint density at radius 1 is 1.02 bits per heavy atom. The van der Waals surface area contributed by atoms with Crippen LogP contribution in [0.5, 0.6) is 17.5 Å². The van der Waals surface area contributed by atoms with E-state index < -0.39 is 90.4 Å². The fraction of sp³-hybridized carbons (Fsp3) is 0.167. The van der Waals surface area contributed by atoms with E-state index in [-0.39, 0.29) is 29.1 Å². The Morgan fingerprint density at radius 3 is 2.30 bits per heavy atom. The number of methoxy groups -OCH3 is 1. The maximum absolute atomic E-state index is 13.7. The van der Waals surface area contributed by atoms with Gasteiger partial charge in [0, 0.05) is 12.1 Å². The molecule has 0 aliphatic rings. The van der Waals surface area contributed by atoms with Crippen molar-refractivity contribution in [3.05, 3.63) is 105 Å². The highest BCUT2D eigenvalue weighted by atomic mass is 35.5. The van der Waals surface area contributed by atoms with E-state index in [2.05, 4.69) is 19.8 Å². The third-order valence-corrected chi connectivity index (χ3v) is 7.81. The van der Waals surface area contributed by atoms with Crippen molar-refractivity contribution in [1.82, 2.24) is 19.6 Å². The molecule has 2 aromatic heterocycles. The van der Waals surface area contributed by atoms with Gasteiger partial charge in [0.2, 0.25) is 0 Å². The number of hydrogen-bond acceptors (Lipinski definition) is 13. The number of benzene rings is 3. The standard InChI is InChI=1S/C18H13ClF3NO7.C12H8F3N5O3S/c1-2-28-16(24)9-29-17(25)12-8-11(4-5-14(12)23(26)27)30-15-6-3-10(7-13(15)19)18(20,21)22;1-23-12-16-5-8(15)10-17-11(18-20(10)12)24(21,22)19-9-6(13)3-2-4-7(9)14/h3-8H,2,9H2,1H3;2-5,19H,1H3. The zero-order valence-corrected chi connectivity index (χ0v) is 28.6. The lowest BCUT2D eigenvalue weighted by Crippen LogP contribution is -2.17. The highest BCUT2D eigenvalue weighted by molar-refractivity contribution is 7.92. The van der Waals surface area contributed by atoms with E-state index in [9.17, 15) is 54.5 Å². The lowest BCUT2D eigenvalue weighted by atomic mass is 10.1. The summed E-state index contributed by atoms with van der Waals surface area (Å²) in [5.74, 6) is -5.58. The van der Waals surface area contributed by atoms with E-state index in [4.69, 9.17) is 25.8 Å². The minimum atomic E-state index is -4.61. The number of nitrogens with one attached hydrogen (secondary N) is 1. The van der Waals surface area contributed by atoms with Crippen LogP contribution in [0, 0.1) is 27.6 Å². The number of carbonyl (C=O) groups is 2. The van der Waals surface area contributed by atoms with Crippen LogP contribution in [0.4, 0.5) is 37.7 Å². The molecule has 0 aliphatic carbocycles. The highest BCUT2D eigenvalue weighted by Gasteiger charge is 2.31. The molecule has 2 heterocycles. The Bertz CT molecular complexity index is 2330. The van der Waals surface area contributed by atoms with Crippen LogP contribution >= 0.6 is 11.6 Å². The quantitative estimate of drug-likeness (QED) is 0.0692. The number of halogens is 7. The molecular formula is C30H21ClF6N6O10S. The summed E-state index contributed by atoms with van der Waals surface area (Å²) in [7, 11) is -3.37. The molecule has 24 heteroatoms. The van der Waals surface area contributed by atoms with Crippen LogP contribution in [0.25, 0.3) is 5.65 Å². The molecule has 5 aromatic rings. The zero-order chi connectivity index (χ0) is 40.0. The summed E-state index contributed by atoms with van der Waals surface area (Å²) in [4.78, 5) is 40.8. The van der Waals surface area contributed by atoms with Gasteiger partial charge in [-0.1, -0.05) is 17.7 Å². The molecule has 0 saturated heterocycles. The molecule has 0 amide bonds. The number of sulfonamides is 1. The lowest BCUT2D eigenvalue weighted by Gasteiger charge is -2.12. The summed E-state index contributed by atoms with van der Waals surface area (Å²) in [6.07, 6.45) is -3.84. The fourth-order valence-electron chi connectivity index (χ4n) is 4.03. The lowest BCUT2D eigenvalue weighted by molar-refractivity contribution is -0.385. The number of fused-ring (bicyclic) bond motifs is 1. The first-order valence-corrected chi connectivity index (χ1v) is 16.3. The SMILES string of the molecule is CCOC(=O)COC(=O)c1cc(Oc2ccc(C(F)(F)F)cc2Cl)ccc1[N+](=O)[O-].COc1ncc(F)c2nc(S(=O)(=O)Nc3c(F)cccc3F)nn12. The molecule has 0 aliphatic heterocycles. The zero-order valence-electron chi connectivity index (χ0n) is 27.1. The molecule has 54 heavy (non-hydrogen) atoms. The Balaban J connectivity index is 0.000000246. The Labute approximate surface area is 303 Å². The summed E-state index contributed by atoms with van der Waals surface area (Å²) in [6.45, 7) is 0.825. The maximum Gasteiger partial charge on any atom is 0.416 e. The van der Waals surface area contributed by atoms with E-state index in [1.165, 1.54) is 14.0 Å². The second-order valence-corrected chi connectivity index (χ2v) is 12.0. The Kier molecular flexibility index (Phi) is 12.5. The van der Waals surface area contributed by atoms with E-state index in [0.29, 0.717) is 10.6 Å². The van der Waals surface area contributed by atoms with Gasteiger partial charge in [0.15, 0.2) is 18.1 Å². The topological polar surface area (TPSA) is 203 Å². The van der Waals surface area contributed by atoms with Crippen LogP contribution in [0.1, 0.15) is 22.8 Å².